The first-order valence-electron chi connectivity index (χ1n) is 11.4. The van der Waals surface area contributed by atoms with Crippen molar-refractivity contribution < 1.29 is 24.3 Å². The summed E-state index contributed by atoms with van der Waals surface area (Å²) in [6.07, 6.45) is 9.92. The number of esters is 1. The maximum absolute atomic E-state index is 12.3. The number of ether oxygens (including phenoxy) is 1. The molecule has 1 heterocycles. The number of hydrogen-bond donors (Lipinski definition) is 1. The van der Waals surface area contributed by atoms with Crippen molar-refractivity contribution in [3.63, 3.8) is 0 Å². The number of hydrogen-bond acceptors (Lipinski definition) is 5. The summed E-state index contributed by atoms with van der Waals surface area (Å²) < 4.78 is 5.82. The first-order valence-corrected chi connectivity index (χ1v) is 11.4. The summed E-state index contributed by atoms with van der Waals surface area (Å²) in [6.45, 7) is 11.5. The molecule has 170 valence electrons. The van der Waals surface area contributed by atoms with E-state index >= 15 is 0 Å². The molecule has 29 heavy (non-hydrogen) atoms. The van der Waals surface area contributed by atoms with Gasteiger partial charge < -0.3 is 9.84 Å². The number of piperidine rings is 1. The highest BCUT2D eigenvalue weighted by molar-refractivity contribution is 5.69. The smallest absolute Gasteiger partial charge is 0.306 e. The topological polar surface area (TPSA) is 76.1 Å². The normalized spacial score (nSPS) is 19.2. The number of carbonyl (C=O) groups is 2. The summed E-state index contributed by atoms with van der Waals surface area (Å²) in [5, 5.41) is 10.7. The van der Waals surface area contributed by atoms with Crippen LogP contribution < -0.4 is 0 Å². The van der Waals surface area contributed by atoms with Crippen LogP contribution in [0.5, 0.6) is 0 Å². The van der Waals surface area contributed by atoms with Crippen LogP contribution in [-0.2, 0) is 19.2 Å². The molecular weight excluding hydrogens is 370 g/mol. The van der Waals surface area contributed by atoms with Crippen LogP contribution in [0.2, 0.25) is 0 Å². The lowest BCUT2D eigenvalue weighted by molar-refractivity contribution is -0.293. The Kier molecular flexibility index (Phi) is 11.2. The first kappa shape index (κ1) is 25.9. The van der Waals surface area contributed by atoms with Gasteiger partial charge in [0.1, 0.15) is 6.10 Å². The molecule has 1 aliphatic heterocycles. The van der Waals surface area contributed by atoms with Crippen molar-refractivity contribution in [2.75, 3.05) is 6.61 Å². The Balaban J connectivity index is 2.31. The highest BCUT2D eigenvalue weighted by atomic mass is 16.7. The fourth-order valence-electron chi connectivity index (χ4n) is 4.40. The van der Waals surface area contributed by atoms with Gasteiger partial charge in [0.05, 0.1) is 6.61 Å². The van der Waals surface area contributed by atoms with Crippen LogP contribution in [0.15, 0.2) is 0 Å². The Hall–Kier alpha value is -1.14. The van der Waals surface area contributed by atoms with Crippen LogP contribution in [-0.4, -0.2) is 45.9 Å². The zero-order valence-electron chi connectivity index (χ0n) is 19.3. The van der Waals surface area contributed by atoms with E-state index in [0.717, 1.165) is 70.8 Å². The second-order valence-electron chi connectivity index (χ2n) is 9.64. The van der Waals surface area contributed by atoms with Crippen LogP contribution in [0.1, 0.15) is 112 Å². The summed E-state index contributed by atoms with van der Waals surface area (Å²) in [7, 11) is 0. The summed E-state index contributed by atoms with van der Waals surface area (Å²) in [5.41, 5.74) is -0.368. The molecule has 0 amide bonds. The van der Waals surface area contributed by atoms with E-state index in [4.69, 9.17) is 14.7 Å². The molecule has 1 N–H and O–H groups in total. The van der Waals surface area contributed by atoms with Gasteiger partial charge >= 0.3 is 11.9 Å². The molecule has 1 fully saturated rings. The van der Waals surface area contributed by atoms with Crippen molar-refractivity contribution in [1.82, 2.24) is 5.06 Å². The van der Waals surface area contributed by atoms with Gasteiger partial charge in [-0.15, -0.1) is 0 Å². The number of carboxylic acids is 1. The molecule has 0 atom stereocenters. The van der Waals surface area contributed by atoms with Gasteiger partial charge in [0, 0.05) is 36.8 Å². The number of hydroxylamine groups is 2. The Bertz CT molecular complexity index is 485. The molecule has 6 nitrogen and oxygen atoms in total. The molecule has 1 rings (SSSR count). The zero-order valence-corrected chi connectivity index (χ0v) is 19.3. The van der Waals surface area contributed by atoms with E-state index in [-0.39, 0.29) is 29.6 Å². The largest absolute Gasteiger partial charge is 0.481 e. The predicted molar refractivity (Wildman–Crippen MR) is 115 cm³/mol. The van der Waals surface area contributed by atoms with E-state index in [1.54, 1.807) is 0 Å². The lowest BCUT2D eigenvalue weighted by Crippen LogP contribution is -2.62. The third-order valence-electron chi connectivity index (χ3n) is 5.59. The minimum absolute atomic E-state index is 0.0745. The molecular formula is C23H43NO5. The highest BCUT2D eigenvalue weighted by Gasteiger charge is 2.47. The summed E-state index contributed by atoms with van der Waals surface area (Å²) in [5.74, 6) is -0.828. The molecule has 0 spiro atoms. The molecule has 1 aliphatic rings. The van der Waals surface area contributed by atoms with Gasteiger partial charge in [0.2, 0.25) is 0 Å². The molecule has 0 radical (unpaired) electrons. The average molecular weight is 414 g/mol. The van der Waals surface area contributed by atoms with Crippen LogP contribution >= 0.6 is 0 Å². The van der Waals surface area contributed by atoms with E-state index < -0.39 is 5.97 Å². The van der Waals surface area contributed by atoms with Crippen molar-refractivity contribution in [2.45, 2.75) is 129 Å². The van der Waals surface area contributed by atoms with Gasteiger partial charge in [-0.05, 0) is 47.0 Å². The maximum Gasteiger partial charge on any atom is 0.306 e. The molecule has 0 aromatic heterocycles. The predicted octanol–water partition coefficient (Wildman–Crippen LogP) is 5.49. The Labute approximate surface area is 177 Å². The number of nitrogens with zero attached hydrogens (tertiary/aromatic N) is 1. The highest BCUT2D eigenvalue weighted by Crippen LogP contribution is 2.40. The summed E-state index contributed by atoms with van der Waals surface area (Å²) >= 11 is 0. The van der Waals surface area contributed by atoms with Gasteiger partial charge in [0.15, 0.2) is 0 Å². The van der Waals surface area contributed by atoms with Gasteiger partial charge in [-0.2, -0.15) is 5.06 Å². The Morgan fingerprint density at radius 1 is 0.897 bits per heavy atom. The minimum atomic E-state index is -0.725. The SMILES string of the molecule is CCCCON1C(C)(C)CC(OC(=O)CCCCCCCCC(=O)O)CC1(C)C. The van der Waals surface area contributed by atoms with Crippen LogP contribution in [0, 0.1) is 0 Å². The monoisotopic (exact) mass is 413 g/mol. The Morgan fingerprint density at radius 2 is 1.41 bits per heavy atom. The quantitative estimate of drug-likeness (QED) is 0.300. The second kappa shape index (κ2) is 12.5. The summed E-state index contributed by atoms with van der Waals surface area (Å²) in [6, 6.07) is 0. The van der Waals surface area contributed by atoms with Gasteiger partial charge in [0.25, 0.3) is 0 Å². The first-order chi connectivity index (χ1) is 13.6. The fourth-order valence-corrected chi connectivity index (χ4v) is 4.40. The number of unbranched alkanes of at least 4 members (excludes halogenated alkanes) is 6. The van der Waals surface area contributed by atoms with Crippen molar-refractivity contribution in [3.05, 3.63) is 0 Å². The number of carbonyl (C=O) groups excluding carboxylic acids is 1. The van der Waals surface area contributed by atoms with Gasteiger partial charge in [-0.3, -0.25) is 14.4 Å². The zero-order chi connectivity index (χ0) is 21.9. The van der Waals surface area contributed by atoms with Crippen LogP contribution in [0.3, 0.4) is 0 Å². The lowest BCUT2D eigenvalue weighted by atomic mass is 9.80. The Morgan fingerprint density at radius 3 is 1.93 bits per heavy atom. The minimum Gasteiger partial charge on any atom is -0.481 e. The summed E-state index contributed by atoms with van der Waals surface area (Å²) in [4.78, 5) is 28.9. The fraction of sp³-hybridized carbons (Fsp3) is 0.913. The van der Waals surface area contributed by atoms with Crippen molar-refractivity contribution >= 4 is 11.9 Å². The number of aliphatic carboxylic acids is 1. The van der Waals surface area contributed by atoms with Crippen molar-refractivity contribution in [2.24, 2.45) is 0 Å². The molecule has 0 unspecified atom stereocenters. The van der Waals surface area contributed by atoms with E-state index in [1.807, 2.05) is 0 Å². The van der Waals surface area contributed by atoms with Gasteiger partial charge in [-0.25, -0.2) is 0 Å². The third kappa shape index (κ3) is 9.94. The van der Waals surface area contributed by atoms with Crippen molar-refractivity contribution in [3.8, 4) is 0 Å². The molecule has 0 aromatic rings. The molecule has 0 bridgehead atoms. The van der Waals surface area contributed by atoms with Crippen LogP contribution in [0.4, 0.5) is 0 Å². The molecule has 6 heteroatoms. The molecule has 1 saturated heterocycles. The van der Waals surface area contributed by atoms with E-state index in [1.165, 1.54) is 0 Å². The second-order valence-corrected chi connectivity index (χ2v) is 9.64. The van der Waals surface area contributed by atoms with E-state index in [0.29, 0.717) is 6.42 Å². The van der Waals surface area contributed by atoms with Crippen molar-refractivity contribution in [1.29, 1.82) is 0 Å². The van der Waals surface area contributed by atoms with Gasteiger partial charge in [-0.1, -0.05) is 39.0 Å². The standard InChI is InChI=1S/C23H43NO5/c1-6-7-16-28-24-22(2,3)17-19(18-23(24,4)5)29-21(27)15-13-11-9-8-10-12-14-20(25)26/h19H,6-18H2,1-5H3,(H,25,26). The third-order valence-corrected chi connectivity index (χ3v) is 5.59. The molecule has 0 aromatic carbocycles. The number of rotatable bonds is 14. The lowest BCUT2D eigenvalue weighted by Gasteiger charge is -2.53. The van der Waals surface area contributed by atoms with E-state index in [2.05, 4.69) is 39.7 Å². The van der Waals surface area contributed by atoms with E-state index in [9.17, 15) is 9.59 Å². The molecule has 0 saturated carbocycles. The maximum atomic E-state index is 12.3. The number of carboxylic acid groups (broad SMARTS) is 1. The molecule has 0 aliphatic carbocycles. The average Bonchev–Trinajstić information content (AvgIpc) is 2.58. The van der Waals surface area contributed by atoms with Crippen LogP contribution in [0.25, 0.3) is 0 Å².